The van der Waals surface area contributed by atoms with Gasteiger partial charge in [0.25, 0.3) is 0 Å². The molecule has 0 amide bonds. The van der Waals surface area contributed by atoms with Gasteiger partial charge < -0.3 is 4.74 Å². The monoisotopic (exact) mass is 392 g/mol. The molecule has 0 aliphatic carbocycles. The summed E-state index contributed by atoms with van der Waals surface area (Å²) in [6.07, 6.45) is 1.78. The third-order valence-electron chi connectivity index (χ3n) is 4.11. The zero-order chi connectivity index (χ0) is 19.4. The van der Waals surface area contributed by atoms with Crippen LogP contribution >= 0.6 is 0 Å². The highest BCUT2D eigenvalue weighted by Gasteiger charge is 2.23. The molecule has 1 unspecified atom stereocenters. The topological polar surface area (TPSA) is 92.8 Å². The van der Waals surface area contributed by atoms with Crippen LogP contribution in [-0.2, 0) is 20.0 Å². The number of aryl methyl sites for hydroxylation is 2. The molecular formula is C16H28N2O5S2. The van der Waals surface area contributed by atoms with Gasteiger partial charge >= 0.3 is 0 Å². The molecule has 0 saturated heterocycles. The molecule has 1 aromatic rings. The van der Waals surface area contributed by atoms with E-state index in [1.165, 1.54) is 11.4 Å². The molecule has 1 aromatic carbocycles. The summed E-state index contributed by atoms with van der Waals surface area (Å²) in [7, 11) is -5.61. The fourth-order valence-electron chi connectivity index (χ4n) is 2.56. The number of sulfonamides is 2. The molecule has 0 heterocycles. The quantitative estimate of drug-likeness (QED) is 0.690. The molecular weight excluding hydrogens is 364 g/mol. The molecule has 144 valence electrons. The van der Waals surface area contributed by atoms with Crippen molar-refractivity contribution >= 4 is 20.0 Å². The van der Waals surface area contributed by atoms with Crippen molar-refractivity contribution in [3.63, 3.8) is 0 Å². The predicted molar refractivity (Wildman–Crippen MR) is 99.0 cm³/mol. The van der Waals surface area contributed by atoms with E-state index in [2.05, 4.69) is 4.72 Å². The van der Waals surface area contributed by atoms with Crippen LogP contribution in [0.5, 0.6) is 5.75 Å². The first-order chi connectivity index (χ1) is 11.4. The highest BCUT2D eigenvalue weighted by Crippen LogP contribution is 2.25. The van der Waals surface area contributed by atoms with Crippen molar-refractivity contribution in [1.82, 2.24) is 9.03 Å². The highest BCUT2D eigenvalue weighted by molar-refractivity contribution is 7.89. The van der Waals surface area contributed by atoms with Crippen LogP contribution in [0, 0.1) is 13.8 Å². The van der Waals surface area contributed by atoms with E-state index < -0.39 is 20.0 Å². The number of hydrogen-bond acceptors (Lipinski definition) is 5. The zero-order valence-electron chi connectivity index (χ0n) is 15.7. The van der Waals surface area contributed by atoms with E-state index in [1.54, 1.807) is 32.9 Å². The molecule has 0 saturated carbocycles. The Kier molecular flexibility index (Phi) is 7.42. The Balaban J connectivity index is 2.94. The molecule has 1 N–H and O–H groups in total. The molecule has 0 aliphatic rings. The molecule has 25 heavy (non-hydrogen) atoms. The third-order valence-corrected chi connectivity index (χ3v) is 7.11. The summed E-state index contributed by atoms with van der Waals surface area (Å²) in [4.78, 5) is 0.167. The van der Waals surface area contributed by atoms with Crippen LogP contribution in [0.15, 0.2) is 17.0 Å². The molecule has 0 radical (unpaired) electrons. The van der Waals surface area contributed by atoms with Gasteiger partial charge in [-0.3, -0.25) is 0 Å². The number of rotatable bonds is 9. The lowest BCUT2D eigenvalue weighted by molar-refractivity contribution is 0.335. The number of hydrogen-bond donors (Lipinski definition) is 1. The van der Waals surface area contributed by atoms with E-state index in [-0.39, 0.29) is 24.0 Å². The van der Waals surface area contributed by atoms with Crippen molar-refractivity contribution in [2.45, 2.75) is 45.1 Å². The van der Waals surface area contributed by atoms with Crippen LogP contribution < -0.4 is 9.46 Å². The average molecular weight is 393 g/mol. The summed E-state index contributed by atoms with van der Waals surface area (Å²) in [5, 5.41) is 0. The minimum atomic E-state index is -3.74. The van der Waals surface area contributed by atoms with Gasteiger partial charge in [-0.2, -0.15) is 4.31 Å². The smallest absolute Gasteiger partial charge is 0.240 e. The van der Waals surface area contributed by atoms with E-state index in [9.17, 15) is 16.8 Å². The van der Waals surface area contributed by atoms with Crippen LogP contribution in [0.25, 0.3) is 0 Å². The first-order valence-corrected chi connectivity index (χ1v) is 11.4. The maximum absolute atomic E-state index is 12.6. The summed E-state index contributed by atoms with van der Waals surface area (Å²) in [5.41, 5.74) is 1.28. The molecule has 0 aromatic heterocycles. The van der Waals surface area contributed by atoms with Crippen LogP contribution in [0.1, 0.15) is 31.4 Å². The van der Waals surface area contributed by atoms with Gasteiger partial charge in [-0.25, -0.2) is 21.6 Å². The number of ether oxygens (including phenoxy) is 1. The first kappa shape index (κ1) is 21.9. The number of nitrogens with one attached hydrogen (secondary N) is 1. The Morgan fingerprint density at radius 1 is 1.16 bits per heavy atom. The van der Waals surface area contributed by atoms with Crippen LogP contribution in [0.2, 0.25) is 0 Å². The van der Waals surface area contributed by atoms with E-state index in [1.807, 2.05) is 6.92 Å². The molecule has 0 bridgehead atoms. The lowest BCUT2D eigenvalue weighted by Crippen LogP contribution is -2.42. The second-order valence-electron chi connectivity index (χ2n) is 6.12. The maximum atomic E-state index is 12.6. The molecule has 9 heteroatoms. The highest BCUT2D eigenvalue weighted by atomic mass is 32.2. The molecule has 7 nitrogen and oxygen atoms in total. The van der Waals surface area contributed by atoms with Crippen LogP contribution in [-0.4, -0.2) is 53.6 Å². The maximum Gasteiger partial charge on any atom is 0.240 e. The third kappa shape index (κ3) is 5.67. The largest absolute Gasteiger partial charge is 0.496 e. The zero-order valence-corrected chi connectivity index (χ0v) is 17.3. The van der Waals surface area contributed by atoms with Gasteiger partial charge in [0.1, 0.15) is 5.75 Å². The Morgan fingerprint density at radius 3 is 2.24 bits per heavy atom. The van der Waals surface area contributed by atoms with Gasteiger partial charge in [0.05, 0.1) is 18.3 Å². The number of nitrogens with zero attached hydrogens (tertiary/aromatic N) is 1. The molecule has 0 spiro atoms. The summed E-state index contributed by atoms with van der Waals surface area (Å²) < 4.78 is 57.8. The van der Waals surface area contributed by atoms with Gasteiger partial charge in [-0.1, -0.05) is 6.92 Å². The van der Waals surface area contributed by atoms with Crippen molar-refractivity contribution in [3.8, 4) is 5.75 Å². The van der Waals surface area contributed by atoms with Crippen molar-refractivity contribution in [1.29, 1.82) is 0 Å². The summed E-state index contributed by atoms with van der Waals surface area (Å²) in [6.45, 7) is 7.23. The summed E-state index contributed by atoms with van der Waals surface area (Å²) in [5.74, 6) is 0.622. The van der Waals surface area contributed by atoms with Crippen molar-refractivity contribution in [2.24, 2.45) is 0 Å². The van der Waals surface area contributed by atoms with Crippen molar-refractivity contribution in [2.75, 3.05) is 26.5 Å². The summed E-state index contributed by atoms with van der Waals surface area (Å²) in [6, 6.07) is 3.04. The standard InChI is InChI=1S/C16H28N2O5S2/c1-7-14(4)18(24(6,19)20)9-8-17-25(21,22)16-11-12(2)15(23-5)10-13(16)3/h10-11,14,17H,7-9H2,1-6H3. The van der Waals surface area contributed by atoms with Crippen LogP contribution in [0.4, 0.5) is 0 Å². The number of benzene rings is 1. The molecule has 1 rings (SSSR count). The van der Waals surface area contributed by atoms with Gasteiger partial charge in [0, 0.05) is 19.1 Å². The molecule has 1 atom stereocenters. The summed E-state index contributed by atoms with van der Waals surface area (Å²) >= 11 is 0. The van der Waals surface area contributed by atoms with Gasteiger partial charge in [0.15, 0.2) is 0 Å². The predicted octanol–water partition coefficient (Wildman–Crippen LogP) is 1.65. The van der Waals surface area contributed by atoms with E-state index in [0.717, 1.165) is 6.26 Å². The first-order valence-electron chi connectivity index (χ1n) is 8.05. The second-order valence-corrected chi connectivity index (χ2v) is 9.79. The Hall–Kier alpha value is -1.16. The van der Waals surface area contributed by atoms with E-state index in [0.29, 0.717) is 23.3 Å². The normalized spacial score (nSPS) is 13.9. The van der Waals surface area contributed by atoms with Gasteiger partial charge in [-0.05, 0) is 50.5 Å². The Morgan fingerprint density at radius 2 is 1.76 bits per heavy atom. The second kappa shape index (κ2) is 8.48. The number of methoxy groups -OCH3 is 1. The SMILES string of the molecule is CCC(C)N(CCNS(=O)(=O)c1cc(C)c(OC)cc1C)S(C)(=O)=O. The minimum Gasteiger partial charge on any atom is -0.496 e. The Labute approximate surface area is 151 Å². The van der Waals surface area contributed by atoms with Crippen molar-refractivity contribution < 1.29 is 21.6 Å². The van der Waals surface area contributed by atoms with Gasteiger partial charge in [0.2, 0.25) is 20.0 Å². The average Bonchev–Trinajstić information content (AvgIpc) is 2.51. The van der Waals surface area contributed by atoms with E-state index >= 15 is 0 Å². The molecule has 0 fully saturated rings. The lowest BCUT2D eigenvalue weighted by atomic mass is 10.1. The minimum absolute atomic E-state index is 0.00423. The van der Waals surface area contributed by atoms with Crippen LogP contribution in [0.3, 0.4) is 0 Å². The van der Waals surface area contributed by atoms with E-state index in [4.69, 9.17) is 4.74 Å². The lowest BCUT2D eigenvalue weighted by Gasteiger charge is -2.26. The van der Waals surface area contributed by atoms with Crippen molar-refractivity contribution in [3.05, 3.63) is 23.3 Å². The Bertz CT molecular complexity index is 804. The molecule has 0 aliphatic heterocycles. The fourth-order valence-corrected chi connectivity index (χ4v) is 5.11. The van der Waals surface area contributed by atoms with Gasteiger partial charge in [-0.15, -0.1) is 0 Å². The fraction of sp³-hybridized carbons (Fsp3) is 0.625.